The topological polar surface area (TPSA) is 0 Å². The van der Waals surface area contributed by atoms with Crippen molar-refractivity contribution in [3.8, 4) is 0 Å². The van der Waals surface area contributed by atoms with Gasteiger partial charge in [0.05, 0.1) is 0 Å². The van der Waals surface area contributed by atoms with Gasteiger partial charge in [-0.3, -0.25) is 0 Å². The number of benzene rings is 1. The number of halogens is 2. The Morgan fingerprint density at radius 2 is 1.55 bits per heavy atom. The summed E-state index contributed by atoms with van der Waals surface area (Å²) in [6.45, 7) is 4.28. The minimum Gasteiger partial charge on any atom is -0.0613 e. The zero-order chi connectivity index (χ0) is 8.69. The molecule has 0 radical (unpaired) electrons. The largest absolute Gasteiger partial charge is 0.0613 e. The molecule has 2 heteroatoms. The summed E-state index contributed by atoms with van der Waals surface area (Å²) in [6, 6.07) is 8.66. The van der Waals surface area contributed by atoms with Crippen molar-refractivity contribution >= 4 is 37.2 Å². The SMILES string of the molecule is CCc1ccc(C)cc1.II. The lowest BCUT2D eigenvalue weighted by molar-refractivity contribution is 1.14. The van der Waals surface area contributed by atoms with Crippen LogP contribution in [0.4, 0.5) is 0 Å². The summed E-state index contributed by atoms with van der Waals surface area (Å²) in [7, 11) is 0. The normalized spacial score (nSPS) is 8.36. The van der Waals surface area contributed by atoms with E-state index in [1.807, 2.05) is 0 Å². The Labute approximate surface area is 92.1 Å². The molecule has 0 unspecified atom stereocenters. The van der Waals surface area contributed by atoms with E-state index in [1.165, 1.54) is 11.1 Å². The maximum absolute atomic E-state index is 2.18. The Kier molecular flexibility index (Phi) is 7.79. The summed E-state index contributed by atoms with van der Waals surface area (Å²) in [5.74, 6) is 0. The number of aryl methyl sites for hydroxylation is 2. The Bertz CT molecular complexity index is 179. The van der Waals surface area contributed by atoms with Crippen LogP contribution in [0.15, 0.2) is 24.3 Å². The molecular formula is C9H12I2. The lowest BCUT2D eigenvalue weighted by Crippen LogP contribution is -1.77. The number of rotatable bonds is 1. The van der Waals surface area contributed by atoms with Crippen molar-refractivity contribution in [3.05, 3.63) is 35.4 Å². The Morgan fingerprint density at radius 3 is 1.91 bits per heavy atom. The summed E-state index contributed by atoms with van der Waals surface area (Å²) in [4.78, 5) is 0. The van der Waals surface area contributed by atoms with Gasteiger partial charge in [0, 0.05) is 37.2 Å². The van der Waals surface area contributed by atoms with Gasteiger partial charge in [0.1, 0.15) is 0 Å². The highest BCUT2D eigenvalue weighted by atomic mass is 128. The van der Waals surface area contributed by atoms with Crippen molar-refractivity contribution in [2.45, 2.75) is 20.3 Å². The molecular weight excluding hydrogens is 362 g/mol. The van der Waals surface area contributed by atoms with E-state index >= 15 is 0 Å². The molecule has 0 bridgehead atoms. The van der Waals surface area contributed by atoms with Crippen LogP contribution in [0.2, 0.25) is 0 Å². The summed E-state index contributed by atoms with van der Waals surface area (Å²) in [6.07, 6.45) is 1.14. The highest BCUT2D eigenvalue weighted by molar-refractivity contribution is 15.0. The fourth-order valence-corrected chi connectivity index (χ4v) is 0.824. The molecule has 0 atom stereocenters. The van der Waals surface area contributed by atoms with E-state index in [0.29, 0.717) is 0 Å². The van der Waals surface area contributed by atoms with Gasteiger partial charge in [0.2, 0.25) is 0 Å². The van der Waals surface area contributed by atoms with Gasteiger partial charge in [-0.25, -0.2) is 0 Å². The van der Waals surface area contributed by atoms with Crippen LogP contribution in [0, 0.1) is 6.92 Å². The predicted molar refractivity (Wildman–Crippen MR) is 68.6 cm³/mol. The van der Waals surface area contributed by atoms with E-state index in [4.69, 9.17) is 0 Å². The van der Waals surface area contributed by atoms with E-state index in [-0.39, 0.29) is 0 Å². The molecule has 1 rings (SSSR count). The van der Waals surface area contributed by atoms with Gasteiger partial charge < -0.3 is 0 Å². The molecule has 0 aromatic heterocycles. The van der Waals surface area contributed by atoms with Gasteiger partial charge in [-0.1, -0.05) is 36.8 Å². The Balaban J connectivity index is 0.000000461. The van der Waals surface area contributed by atoms with Crippen LogP contribution in [0.3, 0.4) is 0 Å². The lowest BCUT2D eigenvalue weighted by Gasteiger charge is -1.94. The number of hydrogen-bond donors (Lipinski definition) is 0. The smallest absolute Gasteiger partial charge is 0 e. The first-order valence-corrected chi connectivity index (χ1v) is 9.81. The van der Waals surface area contributed by atoms with Crippen molar-refractivity contribution in [3.63, 3.8) is 0 Å². The molecule has 0 N–H and O–H groups in total. The molecule has 0 aliphatic heterocycles. The van der Waals surface area contributed by atoms with Gasteiger partial charge in [-0.05, 0) is 18.9 Å². The molecule has 1 aromatic rings. The molecule has 0 heterocycles. The third-order valence-corrected chi connectivity index (χ3v) is 1.53. The molecule has 11 heavy (non-hydrogen) atoms. The molecule has 0 aliphatic rings. The molecule has 0 saturated heterocycles. The number of hydrogen-bond acceptors (Lipinski definition) is 0. The van der Waals surface area contributed by atoms with E-state index < -0.39 is 0 Å². The molecule has 0 saturated carbocycles. The maximum Gasteiger partial charge on any atom is 0 e. The van der Waals surface area contributed by atoms with E-state index in [1.54, 1.807) is 0 Å². The van der Waals surface area contributed by atoms with Crippen LogP contribution in [0.25, 0.3) is 0 Å². The van der Waals surface area contributed by atoms with Gasteiger partial charge in [-0.15, -0.1) is 0 Å². The van der Waals surface area contributed by atoms with E-state index in [0.717, 1.165) is 6.42 Å². The van der Waals surface area contributed by atoms with Gasteiger partial charge in [0.15, 0.2) is 0 Å². The third kappa shape index (κ3) is 5.00. The molecule has 0 nitrogen and oxygen atoms in total. The highest BCUT2D eigenvalue weighted by Gasteiger charge is 1.84. The fourth-order valence-electron chi connectivity index (χ4n) is 0.824. The van der Waals surface area contributed by atoms with Gasteiger partial charge in [-0.2, -0.15) is 0 Å². The lowest BCUT2D eigenvalue weighted by atomic mass is 10.1. The first-order chi connectivity index (χ1) is 5.33. The van der Waals surface area contributed by atoms with Crippen LogP contribution >= 0.6 is 37.2 Å². The minimum atomic E-state index is 1.14. The molecule has 0 fully saturated rings. The zero-order valence-corrected chi connectivity index (χ0v) is 11.1. The van der Waals surface area contributed by atoms with Crippen molar-refractivity contribution in [2.24, 2.45) is 0 Å². The van der Waals surface area contributed by atoms with Crippen molar-refractivity contribution in [1.29, 1.82) is 0 Å². The van der Waals surface area contributed by atoms with Crippen molar-refractivity contribution < 1.29 is 0 Å². The third-order valence-electron chi connectivity index (χ3n) is 1.53. The molecule has 0 spiro atoms. The van der Waals surface area contributed by atoms with Crippen LogP contribution in [-0.4, -0.2) is 0 Å². The van der Waals surface area contributed by atoms with Crippen LogP contribution < -0.4 is 0 Å². The van der Waals surface area contributed by atoms with E-state index in [2.05, 4.69) is 75.3 Å². The quantitative estimate of drug-likeness (QED) is 0.643. The highest BCUT2D eigenvalue weighted by Crippen LogP contribution is 2.02. The standard InChI is InChI=1S/C9H12.I2/c1-3-9-6-4-8(2)5-7-9;1-2/h4-7H,3H2,1-2H3;. The summed E-state index contributed by atoms with van der Waals surface area (Å²) in [5.41, 5.74) is 2.76. The first-order valence-electron chi connectivity index (χ1n) is 3.52. The first kappa shape index (κ1) is 11.7. The molecule has 1 aromatic carbocycles. The second-order valence-electron chi connectivity index (χ2n) is 2.34. The van der Waals surface area contributed by atoms with Gasteiger partial charge in [0.25, 0.3) is 0 Å². The summed E-state index contributed by atoms with van der Waals surface area (Å²) in [5, 5.41) is 0. The van der Waals surface area contributed by atoms with Crippen LogP contribution in [0.5, 0.6) is 0 Å². The van der Waals surface area contributed by atoms with E-state index in [9.17, 15) is 0 Å². The zero-order valence-electron chi connectivity index (χ0n) is 6.77. The minimum absolute atomic E-state index is 1.14. The Hall–Kier alpha value is 0.680. The molecule has 0 amide bonds. The van der Waals surface area contributed by atoms with Gasteiger partial charge >= 0.3 is 0 Å². The molecule has 62 valence electrons. The summed E-state index contributed by atoms with van der Waals surface area (Å²) >= 11 is 4.24. The van der Waals surface area contributed by atoms with Crippen LogP contribution in [0.1, 0.15) is 18.1 Å². The second kappa shape index (κ2) is 7.34. The average molecular weight is 374 g/mol. The van der Waals surface area contributed by atoms with Crippen molar-refractivity contribution in [2.75, 3.05) is 0 Å². The van der Waals surface area contributed by atoms with Crippen molar-refractivity contribution in [1.82, 2.24) is 0 Å². The Morgan fingerprint density at radius 1 is 1.09 bits per heavy atom. The molecule has 0 aliphatic carbocycles. The average Bonchev–Trinajstić information content (AvgIpc) is 2.10. The van der Waals surface area contributed by atoms with Crippen LogP contribution in [-0.2, 0) is 6.42 Å². The second-order valence-corrected chi connectivity index (χ2v) is 2.34. The summed E-state index contributed by atoms with van der Waals surface area (Å²) < 4.78 is 0. The fraction of sp³-hybridized carbons (Fsp3) is 0.333. The maximum atomic E-state index is 2.18. The monoisotopic (exact) mass is 374 g/mol. The predicted octanol–water partition coefficient (Wildman–Crippen LogP) is 4.33.